The van der Waals surface area contributed by atoms with Crippen LogP contribution in [0, 0.1) is 0 Å². The van der Waals surface area contributed by atoms with Crippen LogP contribution in [0.2, 0.25) is 0 Å². The van der Waals surface area contributed by atoms with Gasteiger partial charge in [0.2, 0.25) is 12.7 Å². The average Bonchev–Trinajstić information content (AvgIpc) is 2.88. The van der Waals surface area contributed by atoms with Crippen LogP contribution in [-0.2, 0) is 27.2 Å². The van der Waals surface area contributed by atoms with Gasteiger partial charge >= 0.3 is 0 Å². The predicted octanol–water partition coefficient (Wildman–Crippen LogP) is 0.809. The summed E-state index contributed by atoms with van der Waals surface area (Å²) in [6.45, 7) is 2.25. The molecule has 4 nitrogen and oxygen atoms in total. The molecule has 17 heavy (non-hydrogen) atoms. The first kappa shape index (κ1) is 11.9. The lowest BCUT2D eigenvalue weighted by atomic mass is 10.2. The third-order valence-corrected chi connectivity index (χ3v) is 2.98. The van der Waals surface area contributed by atoms with Gasteiger partial charge in [0.15, 0.2) is 0 Å². The van der Waals surface area contributed by atoms with E-state index < -0.39 is 0 Å². The van der Waals surface area contributed by atoms with Crippen molar-refractivity contribution in [1.82, 2.24) is 9.13 Å². The molecule has 92 valence electrons. The molecule has 0 aliphatic carbocycles. The molecule has 0 atom stereocenters. The first-order valence-electron chi connectivity index (χ1n) is 6.26. The van der Waals surface area contributed by atoms with Crippen molar-refractivity contribution >= 4 is 0 Å². The molecule has 4 heteroatoms. The summed E-state index contributed by atoms with van der Waals surface area (Å²) in [5.74, 6) is 0. The molecule has 0 aromatic carbocycles. The van der Waals surface area contributed by atoms with E-state index in [4.69, 9.17) is 0 Å². The second-order valence-corrected chi connectivity index (χ2v) is 4.69. The summed E-state index contributed by atoms with van der Waals surface area (Å²) in [6, 6.07) is 0. The van der Waals surface area contributed by atoms with Crippen molar-refractivity contribution in [2.75, 3.05) is 0 Å². The lowest BCUT2D eigenvalue weighted by molar-refractivity contribution is -0.671. The zero-order chi connectivity index (χ0) is 12.1. The Bertz CT molecular complexity index is 413. The van der Waals surface area contributed by atoms with Crippen LogP contribution in [0.1, 0.15) is 19.3 Å². The van der Waals surface area contributed by atoms with Crippen molar-refractivity contribution in [3.05, 3.63) is 37.4 Å². The molecule has 0 saturated heterocycles. The van der Waals surface area contributed by atoms with Crippen LogP contribution in [0.25, 0.3) is 0 Å². The highest BCUT2D eigenvalue weighted by Gasteiger charge is 2.01. The highest BCUT2D eigenvalue weighted by atomic mass is 15.1. The van der Waals surface area contributed by atoms with Crippen LogP contribution in [0.4, 0.5) is 0 Å². The second kappa shape index (κ2) is 5.66. The van der Waals surface area contributed by atoms with Crippen LogP contribution < -0.4 is 9.13 Å². The van der Waals surface area contributed by atoms with Gasteiger partial charge in [-0.3, -0.25) is 0 Å². The van der Waals surface area contributed by atoms with E-state index in [1.807, 2.05) is 0 Å². The van der Waals surface area contributed by atoms with Crippen LogP contribution in [0.15, 0.2) is 37.4 Å². The van der Waals surface area contributed by atoms with Crippen molar-refractivity contribution in [2.45, 2.75) is 32.4 Å². The molecule has 0 amide bonds. The molecular formula is C13H22N4+2. The van der Waals surface area contributed by atoms with Crippen molar-refractivity contribution < 1.29 is 9.13 Å². The van der Waals surface area contributed by atoms with Gasteiger partial charge in [-0.2, -0.15) is 0 Å². The standard InChI is InChI=1S/C13H22N4/c1-14-8-10-16(12-14)6-4-3-5-7-17-11-9-15(2)13-17/h8-13H,3-7H2,1-2H3/q+2. The van der Waals surface area contributed by atoms with Gasteiger partial charge in [0.1, 0.15) is 24.8 Å². The number of aromatic nitrogens is 4. The molecule has 2 aromatic rings. The fraction of sp³-hybridized carbons (Fsp3) is 0.538. The maximum atomic E-state index is 2.25. The predicted molar refractivity (Wildman–Crippen MR) is 65.1 cm³/mol. The Morgan fingerprint density at radius 3 is 1.59 bits per heavy atom. The quantitative estimate of drug-likeness (QED) is 0.520. The Kier molecular flexibility index (Phi) is 3.96. The molecule has 0 radical (unpaired) electrons. The first-order chi connectivity index (χ1) is 8.24. The van der Waals surface area contributed by atoms with E-state index in [0.717, 1.165) is 13.1 Å². The third kappa shape index (κ3) is 3.73. The fourth-order valence-electron chi connectivity index (χ4n) is 2.03. The molecule has 2 rings (SSSR count). The average molecular weight is 234 g/mol. The molecule has 0 aliphatic rings. The van der Waals surface area contributed by atoms with E-state index in [1.54, 1.807) is 0 Å². The van der Waals surface area contributed by atoms with E-state index in [1.165, 1.54) is 19.3 Å². The summed E-state index contributed by atoms with van der Waals surface area (Å²) in [5.41, 5.74) is 0. The Morgan fingerprint density at radius 1 is 0.765 bits per heavy atom. The van der Waals surface area contributed by atoms with E-state index in [-0.39, 0.29) is 0 Å². The number of rotatable bonds is 6. The van der Waals surface area contributed by atoms with Gasteiger partial charge in [-0.15, -0.1) is 0 Å². The van der Waals surface area contributed by atoms with Gasteiger partial charge in [0, 0.05) is 0 Å². The molecule has 2 aromatic heterocycles. The number of imidazole rings is 2. The minimum absolute atomic E-state index is 1.13. The van der Waals surface area contributed by atoms with E-state index in [2.05, 4.69) is 69.8 Å². The number of aryl methyl sites for hydroxylation is 4. The summed E-state index contributed by atoms with van der Waals surface area (Å²) in [6.07, 6.45) is 16.5. The zero-order valence-electron chi connectivity index (χ0n) is 10.8. The van der Waals surface area contributed by atoms with Crippen LogP contribution in [0.5, 0.6) is 0 Å². The minimum Gasteiger partial charge on any atom is -0.240 e. The lowest BCUT2D eigenvalue weighted by Crippen LogP contribution is -2.23. The van der Waals surface area contributed by atoms with Crippen molar-refractivity contribution in [1.29, 1.82) is 0 Å². The van der Waals surface area contributed by atoms with Crippen molar-refractivity contribution in [3.63, 3.8) is 0 Å². The highest BCUT2D eigenvalue weighted by Crippen LogP contribution is 2.00. The Hall–Kier alpha value is -1.58. The van der Waals surface area contributed by atoms with Gasteiger partial charge in [-0.1, -0.05) is 0 Å². The summed E-state index contributed by atoms with van der Waals surface area (Å²) in [5, 5.41) is 0. The minimum atomic E-state index is 1.13. The number of nitrogens with zero attached hydrogens (tertiary/aromatic N) is 4. The summed E-state index contributed by atoms with van der Waals surface area (Å²) in [7, 11) is 4.12. The van der Waals surface area contributed by atoms with E-state index in [9.17, 15) is 0 Å². The molecule has 2 heterocycles. The smallest absolute Gasteiger partial charge is 0.240 e. The lowest BCUT2D eigenvalue weighted by Gasteiger charge is -1.97. The normalized spacial score (nSPS) is 10.9. The summed E-state index contributed by atoms with van der Waals surface area (Å²) < 4.78 is 8.66. The third-order valence-electron chi connectivity index (χ3n) is 2.98. The molecule has 0 N–H and O–H groups in total. The number of hydrogen-bond acceptors (Lipinski definition) is 0. The molecule has 0 spiro atoms. The summed E-state index contributed by atoms with van der Waals surface area (Å²) >= 11 is 0. The Balaban J connectivity index is 1.60. The molecule has 0 unspecified atom stereocenters. The monoisotopic (exact) mass is 234 g/mol. The van der Waals surface area contributed by atoms with Gasteiger partial charge in [0.25, 0.3) is 0 Å². The van der Waals surface area contributed by atoms with Gasteiger partial charge in [-0.05, 0) is 19.3 Å². The maximum Gasteiger partial charge on any atom is 0.243 e. The Labute approximate surface area is 103 Å². The molecule has 0 bridgehead atoms. The maximum absolute atomic E-state index is 2.25. The van der Waals surface area contributed by atoms with Crippen LogP contribution in [-0.4, -0.2) is 9.13 Å². The first-order valence-corrected chi connectivity index (χ1v) is 6.26. The molecule has 0 aliphatic heterocycles. The van der Waals surface area contributed by atoms with Crippen molar-refractivity contribution in [3.8, 4) is 0 Å². The van der Waals surface area contributed by atoms with Crippen LogP contribution in [0.3, 0.4) is 0 Å². The van der Waals surface area contributed by atoms with Gasteiger partial charge in [-0.25, -0.2) is 18.3 Å². The molecule has 0 fully saturated rings. The highest BCUT2D eigenvalue weighted by molar-refractivity contribution is 4.67. The Morgan fingerprint density at radius 2 is 1.24 bits per heavy atom. The molecular weight excluding hydrogens is 212 g/mol. The van der Waals surface area contributed by atoms with Gasteiger partial charge < -0.3 is 0 Å². The SMILES string of the molecule is C[n+]1ccn(CCCCCn2cc[n+](C)c2)c1. The topological polar surface area (TPSA) is 17.6 Å². The largest absolute Gasteiger partial charge is 0.243 e. The van der Waals surface area contributed by atoms with Gasteiger partial charge in [0.05, 0.1) is 27.2 Å². The summed E-state index contributed by atoms with van der Waals surface area (Å²) in [4.78, 5) is 0. The molecule has 0 saturated carbocycles. The van der Waals surface area contributed by atoms with Crippen LogP contribution >= 0.6 is 0 Å². The fourth-order valence-corrected chi connectivity index (χ4v) is 2.03. The second-order valence-electron chi connectivity index (χ2n) is 4.69. The van der Waals surface area contributed by atoms with Crippen molar-refractivity contribution in [2.24, 2.45) is 14.1 Å². The number of unbranched alkanes of at least 4 members (excludes halogenated alkanes) is 2. The number of hydrogen-bond donors (Lipinski definition) is 0. The van der Waals surface area contributed by atoms with E-state index in [0.29, 0.717) is 0 Å². The zero-order valence-corrected chi connectivity index (χ0v) is 10.8. The van der Waals surface area contributed by atoms with E-state index >= 15 is 0 Å².